The third-order valence-corrected chi connectivity index (χ3v) is 3.97. The Morgan fingerprint density at radius 1 is 1.47 bits per heavy atom. The van der Waals surface area contributed by atoms with Gasteiger partial charge in [0, 0.05) is 25.6 Å². The molecule has 0 spiro atoms. The van der Waals surface area contributed by atoms with Crippen molar-refractivity contribution in [3.8, 4) is 0 Å². The van der Waals surface area contributed by atoms with Gasteiger partial charge in [-0.15, -0.1) is 11.8 Å². The van der Waals surface area contributed by atoms with Gasteiger partial charge in [-0.2, -0.15) is 0 Å². The van der Waals surface area contributed by atoms with Crippen LogP contribution >= 0.6 is 11.8 Å². The molecule has 0 radical (unpaired) electrons. The highest BCUT2D eigenvalue weighted by Gasteiger charge is 2.28. The molecule has 0 saturated carbocycles. The van der Waals surface area contributed by atoms with E-state index in [0.717, 1.165) is 24.6 Å². The average Bonchev–Trinajstić information content (AvgIpc) is 2.70. The highest BCUT2D eigenvalue weighted by Crippen LogP contribution is 2.20. The van der Waals surface area contributed by atoms with Crippen LogP contribution in [0, 0.1) is 0 Å². The van der Waals surface area contributed by atoms with Gasteiger partial charge in [-0.1, -0.05) is 6.92 Å². The number of hydrogen-bond donors (Lipinski definition) is 2. The van der Waals surface area contributed by atoms with Crippen LogP contribution in [0.2, 0.25) is 0 Å². The summed E-state index contributed by atoms with van der Waals surface area (Å²) in [7, 11) is 0. The topological polar surface area (TPSA) is 86.7 Å². The van der Waals surface area contributed by atoms with Crippen molar-refractivity contribution in [2.45, 2.75) is 32.2 Å². The predicted molar refractivity (Wildman–Crippen MR) is 73.0 cm³/mol. The second-order valence-electron chi connectivity index (χ2n) is 4.42. The van der Waals surface area contributed by atoms with Crippen molar-refractivity contribution in [1.82, 2.24) is 10.2 Å². The van der Waals surface area contributed by atoms with Gasteiger partial charge in [0.05, 0.1) is 11.5 Å². The van der Waals surface area contributed by atoms with Crippen molar-refractivity contribution in [1.29, 1.82) is 0 Å². The van der Waals surface area contributed by atoms with Crippen LogP contribution in [0.4, 0.5) is 0 Å². The molecule has 108 valence electrons. The molecule has 1 heterocycles. The first-order valence-electron chi connectivity index (χ1n) is 6.40. The van der Waals surface area contributed by atoms with E-state index < -0.39 is 5.97 Å². The SMILES string of the molecule is CC[C@H]1CCC(=O)N1CCNC(=O)CSCC(=O)O. The third kappa shape index (κ3) is 5.50. The third-order valence-electron chi connectivity index (χ3n) is 3.06. The van der Waals surface area contributed by atoms with E-state index in [1.165, 1.54) is 0 Å². The number of nitrogens with one attached hydrogen (secondary N) is 1. The Labute approximate surface area is 116 Å². The molecular weight excluding hydrogens is 268 g/mol. The van der Waals surface area contributed by atoms with E-state index in [2.05, 4.69) is 12.2 Å². The second-order valence-corrected chi connectivity index (χ2v) is 5.41. The summed E-state index contributed by atoms with van der Waals surface area (Å²) in [5, 5.41) is 11.1. The Bertz CT molecular complexity index is 349. The van der Waals surface area contributed by atoms with Crippen molar-refractivity contribution in [3.63, 3.8) is 0 Å². The molecule has 1 fully saturated rings. The van der Waals surface area contributed by atoms with Gasteiger partial charge < -0.3 is 15.3 Å². The number of carbonyl (C=O) groups excluding carboxylic acids is 2. The second kappa shape index (κ2) is 8.04. The van der Waals surface area contributed by atoms with Crippen LogP contribution in [0.3, 0.4) is 0 Å². The van der Waals surface area contributed by atoms with E-state index in [0.29, 0.717) is 25.6 Å². The Hall–Kier alpha value is -1.24. The lowest BCUT2D eigenvalue weighted by molar-refractivity contribution is -0.134. The van der Waals surface area contributed by atoms with Gasteiger partial charge in [-0.3, -0.25) is 14.4 Å². The Balaban J connectivity index is 2.17. The predicted octanol–water partition coefficient (Wildman–Crippen LogP) is 0.321. The largest absolute Gasteiger partial charge is 0.481 e. The van der Waals surface area contributed by atoms with E-state index in [4.69, 9.17) is 5.11 Å². The number of carboxylic acid groups (broad SMARTS) is 1. The molecule has 7 heteroatoms. The van der Waals surface area contributed by atoms with E-state index in [-0.39, 0.29) is 23.3 Å². The summed E-state index contributed by atoms with van der Waals surface area (Å²) < 4.78 is 0. The monoisotopic (exact) mass is 288 g/mol. The molecule has 2 N–H and O–H groups in total. The molecule has 0 aromatic rings. The quantitative estimate of drug-likeness (QED) is 0.672. The summed E-state index contributed by atoms with van der Waals surface area (Å²) >= 11 is 1.07. The van der Waals surface area contributed by atoms with Crippen LogP contribution in [0.25, 0.3) is 0 Å². The van der Waals surface area contributed by atoms with Gasteiger partial charge >= 0.3 is 5.97 Å². The first kappa shape index (κ1) is 15.8. The van der Waals surface area contributed by atoms with Crippen molar-refractivity contribution < 1.29 is 19.5 Å². The van der Waals surface area contributed by atoms with Crippen LogP contribution in [-0.4, -0.2) is 58.4 Å². The van der Waals surface area contributed by atoms with Crippen molar-refractivity contribution in [2.75, 3.05) is 24.6 Å². The summed E-state index contributed by atoms with van der Waals surface area (Å²) in [4.78, 5) is 35.1. The van der Waals surface area contributed by atoms with Gasteiger partial charge in [-0.25, -0.2) is 0 Å². The molecule has 1 aliphatic heterocycles. The lowest BCUT2D eigenvalue weighted by Gasteiger charge is -2.23. The standard InChI is InChI=1S/C12H20N2O4S/c1-2-9-3-4-11(16)14(9)6-5-13-10(15)7-19-8-12(17)18/h9H,2-8H2,1H3,(H,13,15)(H,17,18)/t9-/m0/s1. The van der Waals surface area contributed by atoms with Crippen LogP contribution in [-0.2, 0) is 14.4 Å². The zero-order chi connectivity index (χ0) is 14.3. The van der Waals surface area contributed by atoms with Gasteiger partial charge in [0.25, 0.3) is 0 Å². The lowest BCUT2D eigenvalue weighted by atomic mass is 10.2. The normalized spacial score (nSPS) is 18.7. The van der Waals surface area contributed by atoms with E-state index in [1.807, 2.05) is 4.90 Å². The maximum Gasteiger partial charge on any atom is 0.313 e. The minimum absolute atomic E-state index is 0.0735. The fraction of sp³-hybridized carbons (Fsp3) is 0.750. The number of rotatable bonds is 8. The number of likely N-dealkylation sites (tertiary alicyclic amines) is 1. The molecular formula is C12H20N2O4S. The number of carboxylic acids is 1. The van der Waals surface area contributed by atoms with Gasteiger partial charge in [0.1, 0.15) is 0 Å². The van der Waals surface area contributed by atoms with Crippen molar-refractivity contribution >= 4 is 29.5 Å². The highest BCUT2D eigenvalue weighted by atomic mass is 32.2. The summed E-state index contributed by atoms with van der Waals surface area (Å²) in [6.45, 7) is 3.01. The van der Waals surface area contributed by atoms with Crippen molar-refractivity contribution in [3.05, 3.63) is 0 Å². The fourth-order valence-electron chi connectivity index (χ4n) is 2.12. The number of hydrogen-bond acceptors (Lipinski definition) is 4. The Morgan fingerprint density at radius 2 is 2.21 bits per heavy atom. The molecule has 0 aliphatic carbocycles. The summed E-state index contributed by atoms with van der Waals surface area (Å²) in [5.74, 6) is -0.897. The zero-order valence-electron chi connectivity index (χ0n) is 11.1. The van der Waals surface area contributed by atoms with Crippen LogP contribution < -0.4 is 5.32 Å². The Kier molecular flexibility index (Phi) is 6.69. The van der Waals surface area contributed by atoms with Crippen LogP contribution in [0.1, 0.15) is 26.2 Å². The van der Waals surface area contributed by atoms with E-state index in [9.17, 15) is 14.4 Å². The molecule has 0 bridgehead atoms. The number of nitrogens with zero attached hydrogens (tertiary/aromatic N) is 1. The van der Waals surface area contributed by atoms with Crippen molar-refractivity contribution in [2.24, 2.45) is 0 Å². The molecule has 1 saturated heterocycles. The molecule has 1 rings (SSSR count). The number of aliphatic carboxylic acids is 1. The summed E-state index contributed by atoms with van der Waals surface area (Å²) in [6.07, 6.45) is 2.44. The Morgan fingerprint density at radius 3 is 2.84 bits per heavy atom. The van der Waals surface area contributed by atoms with Crippen LogP contribution in [0.15, 0.2) is 0 Å². The molecule has 0 aromatic heterocycles. The minimum Gasteiger partial charge on any atom is -0.481 e. The minimum atomic E-state index is -0.925. The van der Waals surface area contributed by atoms with E-state index in [1.54, 1.807) is 0 Å². The molecule has 2 amide bonds. The number of amides is 2. The van der Waals surface area contributed by atoms with Gasteiger partial charge in [-0.05, 0) is 12.8 Å². The number of carbonyl (C=O) groups is 3. The summed E-state index contributed by atoms with van der Waals surface area (Å²) in [6, 6.07) is 0.297. The molecule has 6 nitrogen and oxygen atoms in total. The smallest absolute Gasteiger partial charge is 0.313 e. The van der Waals surface area contributed by atoms with E-state index >= 15 is 0 Å². The van der Waals surface area contributed by atoms with Crippen LogP contribution in [0.5, 0.6) is 0 Å². The van der Waals surface area contributed by atoms with Gasteiger partial charge in [0.2, 0.25) is 11.8 Å². The first-order chi connectivity index (χ1) is 9.04. The first-order valence-corrected chi connectivity index (χ1v) is 7.55. The molecule has 0 unspecified atom stereocenters. The lowest BCUT2D eigenvalue weighted by Crippen LogP contribution is -2.40. The van der Waals surface area contributed by atoms with Gasteiger partial charge in [0.15, 0.2) is 0 Å². The molecule has 1 atom stereocenters. The highest BCUT2D eigenvalue weighted by molar-refractivity contribution is 8.00. The zero-order valence-corrected chi connectivity index (χ0v) is 11.9. The summed E-state index contributed by atoms with van der Waals surface area (Å²) in [5.41, 5.74) is 0. The molecule has 0 aromatic carbocycles. The fourth-order valence-corrected chi connectivity index (χ4v) is 2.69. The maximum atomic E-state index is 11.6. The molecule has 19 heavy (non-hydrogen) atoms. The average molecular weight is 288 g/mol. The maximum absolute atomic E-state index is 11.6. The number of thioether (sulfide) groups is 1. The molecule has 1 aliphatic rings.